The number of nitrogens with two attached hydrogens (primary N) is 1. The molecule has 2 aromatic heterocycles. The summed E-state index contributed by atoms with van der Waals surface area (Å²) in [5.41, 5.74) is 7.94. The number of ether oxygens (including phenoxy) is 1. The summed E-state index contributed by atoms with van der Waals surface area (Å²) in [6.45, 7) is 1.94. The summed E-state index contributed by atoms with van der Waals surface area (Å²) in [5, 5.41) is 1.30. The quantitative estimate of drug-likeness (QED) is 0.724. The Morgan fingerprint density at radius 3 is 2.75 bits per heavy atom. The number of halogens is 1. The van der Waals surface area contributed by atoms with Gasteiger partial charge >= 0.3 is 0 Å². The highest BCUT2D eigenvalue weighted by Gasteiger charge is 2.07. The van der Waals surface area contributed by atoms with E-state index in [1.165, 1.54) is 0 Å². The average Bonchev–Trinajstić information content (AvgIpc) is 2.38. The highest BCUT2D eigenvalue weighted by Crippen LogP contribution is 2.29. The number of hydrogen-bond donors (Lipinski definition) is 1. The predicted octanol–water partition coefficient (Wildman–Crippen LogP) is 3.97. The number of benzene rings is 1. The number of fused-ring (bicyclic) bond motifs is 1. The fourth-order valence-corrected chi connectivity index (χ4v) is 2.17. The number of anilines is 1. The minimum atomic E-state index is 0.296. The van der Waals surface area contributed by atoms with E-state index in [0.29, 0.717) is 22.5 Å². The SMILES string of the molecule is Cc1ccc2cccc(Oc3cc(N)cc(Cl)n3)c2n1. The maximum absolute atomic E-state index is 5.87. The van der Waals surface area contributed by atoms with E-state index >= 15 is 0 Å². The lowest BCUT2D eigenvalue weighted by atomic mass is 10.2. The molecule has 0 unspecified atom stereocenters. The van der Waals surface area contributed by atoms with Gasteiger partial charge in [-0.05, 0) is 25.1 Å². The van der Waals surface area contributed by atoms with Crippen LogP contribution in [-0.4, -0.2) is 9.97 Å². The van der Waals surface area contributed by atoms with Crippen LogP contribution in [0.25, 0.3) is 10.9 Å². The standard InChI is InChI=1S/C15H12ClN3O/c1-9-5-6-10-3-2-4-12(15(10)18-9)20-14-8-11(17)7-13(16)19-14/h2-8H,1H3,(H2,17,19). The molecule has 0 aliphatic carbocycles. The topological polar surface area (TPSA) is 61.0 Å². The Labute approximate surface area is 121 Å². The van der Waals surface area contributed by atoms with Gasteiger partial charge in [-0.1, -0.05) is 29.8 Å². The van der Waals surface area contributed by atoms with E-state index in [1.54, 1.807) is 12.1 Å². The highest BCUT2D eigenvalue weighted by molar-refractivity contribution is 6.29. The number of rotatable bonds is 2. The number of pyridine rings is 2. The average molecular weight is 286 g/mol. The summed E-state index contributed by atoms with van der Waals surface area (Å²) in [5.74, 6) is 0.978. The van der Waals surface area contributed by atoms with E-state index in [0.717, 1.165) is 16.6 Å². The van der Waals surface area contributed by atoms with Gasteiger partial charge in [-0.3, -0.25) is 0 Å². The lowest BCUT2D eigenvalue weighted by Crippen LogP contribution is -1.94. The second-order valence-electron chi connectivity index (χ2n) is 4.44. The number of nitrogens with zero attached hydrogens (tertiary/aromatic N) is 2. The van der Waals surface area contributed by atoms with E-state index in [9.17, 15) is 0 Å². The van der Waals surface area contributed by atoms with Crippen LogP contribution in [0.1, 0.15) is 5.69 Å². The van der Waals surface area contributed by atoms with Gasteiger partial charge in [-0.2, -0.15) is 0 Å². The summed E-state index contributed by atoms with van der Waals surface area (Å²) in [7, 11) is 0. The van der Waals surface area contributed by atoms with Crippen molar-refractivity contribution >= 4 is 28.2 Å². The molecule has 2 N–H and O–H groups in total. The largest absolute Gasteiger partial charge is 0.437 e. The van der Waals surface area contributed by atoms with Gasteiger partial charge in [0.2, 0.25) is 5.88 Å². The van der Waals surface area contributed by atoms with Crippen molar-refractivity contribution in [3.05, 3.63) is 53.3 Å². The first kappa shape index (κ1) is 12.7. The fraction of sp³-hybridized carbons (Fsp3) is 0.0667. The molecule has 2 heterocycles. The zero-order valence-electron chi connectivity index (χ0n) is 10.8. The lowest BCUT2D eigenvalue weighted by Gasteiger charge is -2.09. The smallest absolute Gasteiger partial charge is 0.222 e. The Balaban J connectivity index is 2.08. The molecule has 3 aromatic rings. The first-order chi connectivity index (χ1) is 9.61. The van der Waals surface area contributed by atoms with Gasteiger partial charge in [0.05, 0.1) is 0 Å². The molecule has 100 valence electrons. The maximum atomic E-state index is 5.87. The molecule has 5 heteroatoms. The molecule has 0 aliphatic heterocycles. The van der Waals surface area contributed by atoms with Gasteiger partial charge in [0.1, 0.15) is 10.7 Å². The molecule has 1 aromatic carbocycles. The maximum Gasteiger partial charge on any atom is 0.222 e. The minimum absolute atomic E-state index is 0.296. The zero-order chi connectivity index (χ0) is 14.1. The number of aryl methyl sites for hydroxylation is 1. The molecule has 3 rings (SSSR count). The van der Waals surface area contributed by atoms with E-state index in [1.807, 2.05) is 37.3 Å². The third kappa shape index (κ3) is 2.51. The van der Waals surface area contributed by atoms with Crippen molar-refractivity contribution in [1.82, 2.24) is 9.97 Å². The van der Waals surface area contributed by atoms with Gasteiger partial charge in [0.25, 0.3) is 0 Å². The monoisotopic (exact) mass is 285 g/mol. The zero-order valence-corrected chi connectivity index (χ0v) is 11.6. The van der Waals surface area contributed by atoms with Crippen molar-refractivity contribution in [1.29, 1.82) is 0 Å². The third-order valence-corrected chi connectivity index (χ3v) is 3.02. The molecule has 0 saturated carbocycles. The van der Waals surface area contributed by atoms with E-state index in [2.05, 4.69) is 9.97 Å². The normalized spacial score (nSPS) is 10.7. The summed E-state index contributed by atoms with van der Waals surface area (Å²) in [6.07, 6.45) is 0. The van der Waals surface area contributed by atoms with Crippen molar-refractivity contribution in [3.63, 3.8) is 0 Å². The molecule has 0 radical (unpaired) electrons. The van der Waals surface area contributed by atoms with Crippen LogP contribution in [0.15, 0.2) is 42.5 Å². The van der Waals surface area contributed by atoms with Crippen LogP contribution in [0.3, 0.4) is 0 Å². The van der Waals surface area contributed by atoms with Crippen LogP contribution in [0.2, 0.25) is 5.15 Å². The van der Waals surface area contributed by atoms with Crippen LogP contribution in [0, 0.1) is 6.92 Å². The molecule has 4 nitrogen and oxygen atoms in total. The van der Waals surface area contributed by atoms with E-state index in [-0.39, 0.29) is 0 Å². The van der Waals surface area contributed by atoms with Crippen molar-refractivity contribution in [3.8, 4) is 11.6 Å². The van der Waals surface area contributed by atoms with Crippen molar-refractivity contribution in [2.75, 3.05) is 5.73 Å². The summed E-state index contributed by atoms with van der Waals surface area (Å²) < 4.78 is 5.77. The number of para-hydroxylation sites is 1. The molecule has 0 aliphatic rings. The molecule has 0 saturated heterocycles. The molecular formula is C15H12ClN3O. The van der Waals surface area contributed by atoms with Gasteiger partial charge in [0.15, 0.2) is 5.75 Å². The number of hydrogen-bond acceptors (Lipinski definition) is 4. The molecule has 0 atom stereocenters. The Hall–Kier alpha value is -2.33. The van der Waals surface area contributed by atoms with Gasteiger partial charge in [-0.15, -0.1) is 0 Å². The van der Waals surface area contributed by atoms with Crippen LogP contribution in [0.5, 0.6) is 11.6 Å². The van der Waals surface area contributed by atoms with Crippen LogP contribution in [-0.2, 0) is 0 Å². The van der Waals surface area contributed by atoms with Crippen molar-refractivity contribution in [2.45, 2.75) is 6.92 Å². The van der Waals surface area contributed by atoms with E-state index < -0.39 is 0 Å². The predicted molar refractivity (Wildman–Crippen MR) is 80.2 cm³/mol. The first-order valence-electron chi connectivity index (χ1n) is 6.09. The second-order valence-corrected chi connectivity index (χ2v) is 4.83. The van der Waals surface area contributed by atoms with Gasteiger partial charge in [0, 0.05) is 22.8 Å². The molecule has 0 amide bonds. The van der Waals surface area contributed by atoms with Crippen LogP contribution < -0.4 is 10.5 Å². The molecular weight excluding hydrogens is 274 g/mol. The molecule has 0 spiro atoms. The van der Waals surface area contributed by atoms with Crippen LogP contribution in [0.4, 0.5) is 5.69 Å². The Morgan fingerprint density at radius 1 is 1.10 bits per heavy atom. The molecule has 20 heavy (non-hydrogen) atoms. The minimum Gasteiger partial charge on any atom is -0.437 e. The Bertz CT molecular complexity index is 769. The lowest BCUT2D eigenvalue weighted by molar-refractivity contribution is 0.467. The molecule has 0 bridgehead atoms. The Morgan fingerprint density at radius 2 is 1.95 bits per heavy atom. The second kappa shape index (κ2) is 4.98. The van der Waals surface area contributed by atoms with Gasteiger partial charge in [-0.25, -0.2) is 9.97 Å². The van der Waals surface area contributed by atoms with Gasteiger partial charge < -0.3 is 10.5 Å². The third-order valence-electron chi connectivity index (χ3n) is 2.83. The molecule has 0 fully saturated rings. The number of nitrogen functional groups attached to an aromatic ring is 1. The highest BCUT2D eigenvalue weighted by atomic mass is 35.5. The van der Waals surface area contributed by atoms with E-state index in [4.69, 9.17) is 22.1 Å². The summed E-state index contributed by atoms with van der Waals surface area (Å²) in [6, 6.07) is 12.9. The Kier molecular flexibility index (Phi) is 3.16. The number of aromatic nitrogens is 2. The summed E-state index contributed by atoms with van der Waals surface area (Å²) >= 11 is 5.87. The van der Waals surface area contributed by atoms with Crippen molar-refractivity contribution in [2.24, 2.45) is 0 Å². The van der Waals surface area contributed by atoms with Crippen LogP contribution >= 0.6 is 11.6 Å². The first-order valence-corrected chi connectivity index (χ1v) is 6.47. The van der Waals surface area contributed by atoms with Crippen molar-refractivity contribution < 1.29 is 4.74 Å². The fourth-order valence-electron chi connectivity index (χ4n) is 1.96. The summed E-state index contributed by atoms with van der Waals surface area (Å²) in [4.78, 5) is 8.59.